The monoisotopic (exact) mass is 369 g/mol. The molecule has 0 saturated carbocycles. The molecule has 0 unspecified atom stereocenters. The molecule has 1 aromatic carbocycles. The summed E-state index contributed by atoms with van der Waals surface area (Å²) in [5.74, 6) is -0.905. The first-order valence-electron chi connectivity index (χ1n) is 6.32. The van der Waals surface area contributed by atoms with Gasteiger partial charge in [0.2, 0.25) is 0 Å². The van der Waals surface area contributed by atoms with Crippen molar-refractivity contribution in [3.05, 3.63) is 51.4 Å². The average Bonchev–Trinajstić information content (AvgIpc) is 2.79. The first-order chi connectivity index (χ1) is 9.11. The quantitative estimate of drug-likeness (QED) is 0.806. The van der Waals surface area contributed by atoms with Gasteiger partial charge in [-0.25, -0.2) is 4.79 Å². The molecular weight excluding hydrogens is 353 g/mol. The molecule has 0 spiro atoms. The number of hydrogen-bond acceptors (Lipinski definition) is 1. The van der Waals surface area contributed by atoms with Gasteiger partial charge in [0.25, 0.3) is 0 Å². The summed E-state index contributed by atoms with van der Waals surface area (Å²) >= 11 is 2.13. The smallest absolute Gasteiger partial charge is 0.352 e. The van der Waals surface area contributed by atoms with Crippen molar-refractivity contribution in [2.75, 3.05) is 0 Å². The number of halogens is 1. The summed E-state index contributed by atoms with van der Waals surface area (Å²) in [4.78, 5) is 11.2. The number of carboxylic acid groups (broad SMARTS) is 1. The number of nitrogens with zero attached hydrogens (tertiary/aromatic N) is 1. The normalized spacial score (nSPS) is 10.6. The third kappa shape index (κ3) is 3.37. The lowest BCUT2D eigenvalue weighted by molar-refractivity contribution is 0.0688. The van der Waals surface area contributed by atoms with Crippen molar-refractivity contribution in [1.29, 1.82) is 0 Å². The predicted octanol–water partition coefficient (Wildman–Crippen LogP) is 4.12. The number of carbonyl (C=O) groups is 1. The molecule has 19 heavy (non-hydrogen) atoms. The summed E-state index contributed by atoms with van der Waals surface area (Å²) in [6.07, 6.45) is 5.28. The molecule has 0 aliphatic heterocycles. The number of unbranched alkanes of at least 4 members (excludes halogenated alkanes) is 1. The van der Waals surface area contributed by atoms with Gasteiger partial charge in [-0.05, 0) is 59.2 Å². The van der Waals surface area contributed by atoms with Gasteiger partial charge < -0.3 is 9.67 Å². The molecule has 4 heteroatoms. The molecular formula is C15H16INO2. The molecule has 100 valence electrons. The highest BCUT2D eigenvalue weighted by molar-refractivity contribution is 14.1. The van der Waals surface area contributed by atoms with Crippen LogP contribution in [-0.4, -0.2) is 15.6 Å². The molecule has 1 N–H and O–H groups in total. The van der Waals surface area contributed by atoms with Crippen LogP contribution in [0.1, 0.15) is 35.8 Å². The number of aromatic carboxylic acids is 1. The van der Waals surface area contributed by atoms with Crippen LogP contribution in [-0.2, 0) is 6.42 Å². The fourth-order valence-electron chi connectivity index (χ4n) is 2.01. The van der Waals surface area contributed by atoms with Gasteiger partial charge in [-0.1, -0.05) is 25.5 Å². The number of hydrogen-bond donors (Lipinski definition) is 1. The lowest BCUT2D eigenvalue weighted by Gasteiger charge is -2.07. The highest BCUT2D eigenvalue weighted by Gasteiger charge is 2.12. The second-order valence-corrected chi connectivity index (χ2v) is 5.73. The molecule has 1 heterocycles. The van der Waals surface area contributed by atoms with Crippen molar-refractivity contribution in [2.24, 2.45) is 0 Å². The van der Waals surface area contributed by atoms with Crippen LogP contribution in [0.4, 0.5) is 0 Å². The molecule has 0 fully saturated rings. The van der Waals surface area contributed by atoms with Crippen molar-refractivity contribution in [1.82, 2.24) is 4.57 Å². The van der Waals surface area contributed by atoms with E-state index in [1.54, 1.807) is 10.6 Å². The average molecular weight is 369 g/mol. The Labute approximate surface area is 126 Å². The Kier molecular flexibility index (Phi) is 4.63. The zero-order valence-corrected chi connectivity index (χ0v) is 12.9. The van der Waals surface area contributed by atoms with E-state index in [1.807, 2.05) is 18.3 Å². The van der Waals surface area contributed by atoms with E-state index < -0.39 is 5.97 Å². The standard InChI is InChI=1S/C15H16INO2/c1-2-3-4-11-5-7-13(8-6-11)17-10-12(16)9-14(17)15(18)19/h5-10H,2-4H2,1H3,(H,18,19). The van der Waals surface area contributed by atoms with Crippen LogP contribution >= 0.6 is 22.6 Å². The maximum absolute atomic E-state index is 11.2. The summed E-state index contributed by atoms with van der Waals surface area (Å²) in [7, 11) is 0. The van der Waals surface area contributed by atoms with E-state index in [-0.39, 0.29) is 0 Å². The zero-order valence-electron chi connectivity index (χ0n) is 10.8. The van der Waals surface area contributed by atoms with Crippen molar-refractivity contribution >= 4 is 28.6 Å². The van der Waals surface area contributed by atoms with Gasteiger partial charge in [0, 0.05) is 15.5 Å². The topological polar surface area (TPSA) is 42.2 Å². The second-order valence-electron chi connectivity index (χ2n) is 4.49. The summed E-state index contributed by atoms with van der Waals surface area (Å²) in [6.45, 7) is 2.18. The minimum atomic E-state index is -0.905. The number of rotatable bonds is 5. The Morgan fingerprint density at radius 1 is 1.32 bits per heavy atom. The molecule has 2 aromatic rings. The molecule has 0 amide bonds. The maximum Gasteiger partial charge on any atom is 0.352 e. The van der Waals surface area contributed by atoms with E-state index >= 15 is 0 Å². The summed E-state index contributed by atoms with van der Waals surface area (Å²) in [5.41, 5.74) is 2.48. The largest absolute Gasteiger partial charge is 0.477 e. The van der Waals surface area contributed by atoms with E-state index in [9.17, 15) is 9.90 Å². The molecule has 2 rings (SSSR count). The molecule has 0 bridgehead atoms. The minimum absolute atomic E-state index is 0.297. The highest BCUT2D eigenvalue weighted by Crippen LogP contribution is 2.18. The van der Waals surface area contributed by atoms with Crippen LogP contribution in [0.15, 0.2) is 36.5 Å². The lowest BCUT2D eigenvalue weighted by atomic mass is 10.1. The molecule has 3 nitrogen and oxygen atoms in total. The predicted molar refractivity (Wildman–Crippen MR) is 84.1 cm³/mol. The van der Waals surface area contributed by atoms with E-state index in [4.69, 9.17) is 0 Å². The molecule has 0 radical (unpaired) electrons. The van der Waals surface area contributed by atoms with Crippen LogP contribution < -0.4 is 0 Å². The number of aromatic nitrogens is 1. The Morgan fingerprint density at radius 3 is 2.58 bits per heavy atom. The third-order valence-electron chi connectivity index (χ3n) is 3.04. The fourth-order valence-corrected chi connectivity index (χ4v) is 2.59. The van der Waals surface area contributed by atoms with Crippen molar-refractivity contribution in [3.63, 3.8) is 0 Å². The minimum Gasteiger partial charge on any atom is -0.477 e. The van der Waals surface area contributed by atoms with Gasteiger partial charge in [0.1, 0.15) is 5.69 Å². The number of benzene rings is 1. The first kappa shape index (κ1) is 14.1. The molecule has 0 aliphatic carbocycles. The molecule has 0 atom stereocenters. The van der Waals surface area contributed by atoms with Crippen LogP contribution in [0.5, 0.6) is 0 Å². The summed E-state index contributed by atoms with van der Waals surface area (Å²) in [6, 6.07) is 9.78. The van der Waals surface area contributed by atoms with Crippen LogP contribution in [0.25, 0.3) is 5.69 Å². The molecule has 0 aliphatic rings. The Morgan fingerprint density at radius 2 is 2.00 bits per heavy atom. The van der Waals surface area contributed by atoms with Crippen LogP contribution in [0, 0.1) is 3.57 Å². The van der Waals surface area contributed by atoms with Gasteiger partial charge >= 0.3 is 5.97 Å². The van der Waals surface area contributed by atoms with Gasteiger partial charge in [-0.2, -0.15) is 0 Å². The Hall–Kier alpha value is -1.30. The molecule has 0 saturated heterocycles. The van der Waals surface area contributed by atoms with Crippen molar-refractivity contribution in [2.45, 2.75) is 26.2 Å². The van der Waals surface area contributed by atoms with Crippen LogP contribution in [0.3, 0.4) is 0 Å². The van der Waals surface area contributed by atoms with E-state index in [0.29, 0.717) is 5.69 Å². The Bertz CT molecular complexity index is 572. The lowest BCUT2D eigenvalue weighted by Crippen LogP contribution is -2.05. The fraction of sp³-hybridized carbons (Fsp3) is 0.267. The maximum atomic E-state index is 11.2. The third-order valence-corrected chi connectivity index (χ3v) is 3.63. The zero-order chi connectivity index (χ0) is 13.8. The van der Waals surface area contributed by atoms with E-state index in [0.717, 1.165) is 15.7 Å². The van der Waals surface area contributed by atoms with E-state index in [1.165, 1.54) is 18.4 Å². The van der Waals surface area contributed by atoms with Gasteiger partial charge in [0.05, 0.1) is 0 Å². The summed E-state index contributed by atoms with van der Waals surface area (Å²) < 4.78 is 2.64. The highest BCUT2D eigenvalue weighted by atomic mass is 127. The number of aryl methyl sites for hydroxylation is 1. The van der Waals surface area contributed by atoms with Gasteiger partial charge in [-0.3, -0.25) is 0 Å². The van der Waals surface area contributed by atoms with Crippen LogP contribution in [0.2, 0.25) is 0 Å². The summed E-state index contributed by atoms with van der Waals surface area (Å²) in [5, 5.41) is 9.19. The van der Waals surface area contributed by atoms with Crippen molar-refractivity contribution < 1.29 is 9.90 Å². The Balaban J connectivity index is 2.29. The second kappa shape index (κ2) is 6.23. The SMILES string of the molecule is CCCCc1ccc(-n2cc(I)cc2C(=O)O)cc1. The van der Waals surface area contributed by atoms with Crippen molar-refractivity contribution in [3.8, 4) is 5.69 Å². The van der Waals surface area contributed by atoms with E-state index in [2.05, 4.69) is 41.6 Å². The van der Waals surface area contributed by atoms with Gasteiger partial charge in [0.15, 0.2) is 0 Å². The number of carboxylic acids is 1. The first-order valence-corrected chi connectivity index (χ1v) is 7.40. The molecule has 1 aromatic heterocycles. The van der Waals surface area contributed by atoms with Gasteiger partial charge in [-0.15, -0.1) is 0 Å².